The number of benzene rings is 1. The predicted octanol–water partition coefficient (Wildman–Crippen LogP) is 4.13. The Labute approximate surface area is 82.0 Å². The molecule has 0 saturated heterocycles. The van der Waals surface area contributed by atoms with Crippen LogP contribution >= 0.6 is 0 Å². The van der Waals surface area contributed by atoms with Crippen molar-refractivity contribution in [3.8, 4) is 0 Å². The van der Waals surface area contributed by atoms with Crippen LogP contribution in [0.5, 0.6) is 0 Å². The zero-order valence-corrected chi connectivity index (χ0v) is 9.44. The van der Waals surface area contributed by atoms with Crippen molar-refractivity contribution in [1.82, 2.24) is 0 Å². The summed E-state index contributed by atoms with van der Waals surface area (Å²) in [7, 11) is 0. The highest BCUT2D eigenvalue weighted by Crippen LogP contribution is 2.26. The minimum atomic E-state index is 0.695. The van der Waals surface area contributed by atoms with E-state index in [9.17, 15) is 0 Å². The van der Waals surface area contributed by atoms with E-state index in [2.05, 4.69) is 46.8 Å². The van der Waals surface area contributed by atoms with Crippen LogP contribution in [0.4, 0.5) is 0 Å². The Hall–Kier alpha value is -0.780. The van der Waals surface area contributed by atoms with Crippen molar-refractivity contribution in [2.45, 2.75) is 47.0 Å². The molecule has 0 spiro atoms. The van der Waals surface area contributed by atoms with Crippen LogP contribution in [0, 0.1) is 20.8 Å². The van der Waals surface area contributed by atoms with Crippen molar-refractivity contribution in [2.75, 3.05) is 0 Å². The molecule has 0 aliphatic rings. The summed E-state index contributed by atoms with van der Waals surface area (Å²) in [6, 6.07) is 4.57. The van der Waals surface area contributed by atoms with Crippen LogP contribution in [0.1, 0.15) is 48.4 Å². The van der Waals surface area contributed by atoms with E-state index < -0.39 is 0 Å². The molecule has 1 rings (SSSR count). The van der Waals surface area contributed by atoms with Crippen molar-refractivity contribution >= 4 is 0 Å². The molecular formula is C13H20. The van der Waals surface area contributed by atoms with Gasteiger partial charge in [0.2, 0.25) is 0 Å². The molecule has 0 bridgehead atoms. The molecule has 0 aliphatic heterocycles. The topological polar surface area (TPSA) is 0 Å². The molecule has 0 amide bonds. The smallest absolute Gasteiger partial charge is 0.0188 e. The third kappa shape index (κ3) is 2.12. The van der Waals surface area contributed by atoms with E-state index in [0.29, 0.717) is 5.92 Å². The van der Waals surface area contributed by atoms with Crippen LogP contribution in [0.3, 0.4) is 0 Å². The quantitative estimate of drug-likeness (QED) is 0.635. The second kappa shape index (κ2) is 3.95. The van der Waals surface area contributed by atoms with Crippen LogP contribution < -0.4 is 0 Å². The first kappa shape index (κ1) is 10.3. The average molecular weight is 176 g/mol. The molecule has 1 aromatic rings. The largest absolute Gasteiger partial charge is 0.0648 e. The maximum absolute atomic E-state index is 2.31. The minimum Gasteiger partial charge on any atom is -0.0648 e. The molecule has 0 nitrogen and oxygen atoms in total. The van der Waals surface area contributed by atoms with Gasteiger partial charge in [-0.05, 0) is 49.8 Å². The highest BCUT2D eigenvalue weighted by molar-refractivity contribution is 5.39. The molecule has 0 radical (unpaired) electrons. The molecule has 1 atom stereocenters. The van der Waals surface area contributed by atoms with E-state index in [1.165, 1.54) is 23.1 Å². The Morgan fingerprint density at radius 3 is 1.92 bits per heavy atom. The molecular weight excluding hydrogens is 156 g/mol. The number of hydrogen-bond donors (Lipinski definition) is 0. The van der Waals surface area contributed by atoms with Gasteiger partial charge in [0, 0.05) is 0 Å². The van der Waals surface area contributed by atoms with Crippen LogP contribution in [0.2, 0.25) is 0 Å². The van der Waals surface area contributed by atoms with Crippen molar-refractivity contribution < 1.29 is 0 Å². The van der Waals surface area contributed by atoms with Gasteiger partial charge in [-0.25, -0.2) is 0 Å². The third-order valence-corrected chi connectivity index (χ3v) is 2.84. The van der Waals surface area contributed by atoms with Gasteiger partial charge in [0.1, 0.15) is 0 Å². The average Bonchev–Trinajstić information content (AvgIpc) is 2.02. The molecule has 0 heteroatoms. The van der Waals surface area contributed by atoms with Gasteiger partial charge in [0.05, 0.1) is 0 Å². The predicted molar refractivity (Wildman–Crippen MR) is 59.4 cm³/mol. The highest BCUT2D eigenvalue weighted by atomic mass is 14.1. The second-order valence-electron chi connectivity index (χ2n) is 4.12. The molecule has 72 valence electrons. The Kier molecular flexibility index (Phi) is 3.13. The number of aryl methyl sites for hydroxylation is 3. The Balaban J connectivity index is 3.20. The lowest BCUT2D eigenvalue weighted by molar-refractivity contribution is 0.722. The monoisotopic (exact) mass is 176 g/mol. The van der Waals surface area contributed by atoms with E-state index in [0.717, 1.165) is 0 Å². The zero-order valence-electron chi connectivity index (χ0n) is 9.44. The van der Waals surface area contributed by atoms with Gasteiger partial charge in [-0.2, -0.15) is 0 Å². The molecule has 0 saturated carbocycles. The summed E-state index contributed by atoms with van der Waals surface area (Å²) < 4.78 is 0. The fourth-order valence-electron chi connectivity index (χ4n) is 2.17. The summed E-state index contributed by atoms with van der Waals surface area (Å²) in [4.78, 5) is 0. The van der Waals surface area contributed by atoms with Crippen LogP contribution in [0.15, 0.2) is 12.1 Å². The first-order valence-corrected chi connectivity index (χ1v) is 5.14. The van der Waals surface area contributed by atoms with Crippen LogP contribution in [-0.2, 0) is 0 Å². The lowest BCUT2D eigenvalue weighted by Crippen LogP contribution is -1.99. The summed E-state index contributed by atoms with van der Waals surface area (Å²) in [5.41, 5.74) is 5.83. The van der Waals surface area contributed by atoms with Crippen LogP contribution in [0.25, 0.3) is 0 Å². The summed E-state index contributed by atoms with van der Waals surface area (Å²) in [6.45, 7) is 11.2. The molecule has 0 aliphatic carbocycles. The SMILES string of the molecule is CCC(C)c1c(C)cc(C)cc1C. The number of hydrogen-bond acceptors (Lipinski definition) is 0. The molecule has 0 fully saturated rings. The first-order chi connectivity index (χ1) is 6.06. The molecule has 1 aromatic carbocycles. The zero-order chi connectivity index (χ0) is 10.0. The van der Waals surface area contributed by atoms with Gasteiger partial charge in [-0.1, -0.05) is 31.5 Å². The Morgan fingerprint density at radius 1 is 1.08 bits per heavy atom. The summed E-state index contributed by atoms with van der Waals surface area (Å²) in [6.07, 6.45) is 1.23. The Bertz CT molecular complexity index is 274. The van der Waals surface area contributed by atoms with E-state index in [4.69, 9.17) is 0 Å². The van der Waals surface area contributed by atoms with Gasteiger partial charge in [0.25, 0.3) is 0 Å². The van der Waals surface area contributed by atoms with Crippen LogP contribution in [-0.4, -0.2) is 0 Å². The van der Waals surface area contributed by atoms with Gasteiger partial charge < -0.3 is 0 Å². The molecule has 1 unspecified atom stereocenters. The van der Waals surface area contributed by atoms with Gasteiger partial charge in [-0.3, -0.25) is 0 Å². The third-order valence-electron chi connectivity index (χ3n) is 2.84. The molecule has 0 heterocycles. The van der Waals surface area contributed by atoms with Crippen molar-refractivity contribution in [1.29, 1.82) is 0 Å². The van der Waals surface area contributed by atoms with E-state index in [-0.39, 0.29) is 0 Å². The first-order valence-electron chi connectivity index (χ1n) is 5.14. The molecule has 0 aromatic heterocycles. The van der Waals surface area contributed by atoms with Gasteiger partial charge in [0.15, 0.2) is 0 Å². The highest BCUT2D eigenvalue weighted by Gasteiger charge is 2.09. The molecule has 13 heavy (non-hydrogen) atoms. The lowest BCUT2D eigenvalue weighted by Gasteiger charge is -2.16. The second-order valence-corrected chi connectivity index (χ2v) is 4.12. The fourth-order valence-corrected chi connectivity index (χ4v) is 2.17. The summed E-state index contributed by atoms with van der Waals surface area (Å²) >= 11 is 0. The van der Waals surface area contributed by atoms with Crippen molar-refractivity contribution in [3.05, 3.63) is 34.4 Å². The van der Waals surface area contributed by atoms with Gasteiger partial charge >= 0.3 is 0 Å². The maximum atomic E-state index is 2.31. The fraction of sp³-hybridized carbons (Fsp3) is 0.538. The molecule has 0 N–H and O–H groups in total. The Morgan fingerprint density at radius 2 is 1.54 bits per heavy atom. The van der Waals surface area contributed by atoms with E-state index in [1.54, 1.807) is 5.56 Å². The van der Waals surface area contributed by atoms with E-state index in [1.807, 2.05) is 0 Å². The van der Waals surface area contributed by atoms with Crippen molar-refractivity contribution in [3.63, 3.8) is 0 Å². The lowest BCUT2D eigenvalue weighted by atomic mass is 9.89. The van der Waals surface area contributed by atoms with E-state index >= 15 is 0 Å². The van der Waals surface area contributed by atoms with Crippen molar-refractivity contribution in [2.24, 2.45) is 0 Å². The standard InChI is InChI=1S/C13H20/c1-6-10(3)13-11(4)7-9(2)8-12(13)5/h7-8,10H,6H2,1-5H3. The number of rotatable bonds is 2. The normalized spacial score (nSPS) is 13.0. The summed E-state index contributed by atoms with van der Waals surface area (Å²) in [5, 5.41) is 0. The summed E-state index contributed by atoms with van der Waals surface area (Å²) in [5.74, 6) is 0.695. The minimum absolute atomic E-state index is 0.695. The van der Waals surface area contributed by atoms with Gasteiger partial charge in [-0.15, -0.1) is 0 Å². The maximum Gasteiger partial charge on any atom is -0.0188 e.